The molecule has 1 unspecified atom stereocenters. The summed E-state index contributed by atoms with van der Waals surface area (Å²) < 4.78 is 43.5. The lowest BCUT2D eigenvalue weighted by atomic mass is 9.87. The van der Waals surface area contributed by atoms with Crippen molar-refractivity contribution in [1.29, 1.82) is 0 Å². The second-order valence-corrected chi connectivity index (χ2v) is 8.98. The first-order valence-corrected chi connectivity index (χ1v) is 10.7. The summed E-state index contributed by atoms with van der Waals surface area (Å²) in [4.78, 5) is 17.4. The van der Waals surface area contributed by atoms with E-state index in [9.17, 15) is 18.0 Å². The molecular weight excluding hydrogens is 464 g/mol. The number of thioether (sulfide) groups is 1. The zero-order chi connectivity index (χ0) is 21.7. The third-order valence-electron chi connectivity index (χ3n) is 4.90. The molecule has 6 nitrogen and oxygen atoms in total. The van der Waals surface area contributed by atoms with Gasteiger partial charge in [0.05, 0.1) is 6.42 Å². The van der Waals surface area contributed by atoms with Crippen LogP contribution < -0.4 is 5.32 Å². The van der Waals surface area contributed by atoms with Crippen molar-refractivity contribution in [1.82, 2.24) is 15.1 Å². The van der Waals surface area contributed by atoms with Crippen LogP contribution in [0.4, 0.5) is 13.2 Å². The van der Waals surface area contributed by atoms with Crippen LogP contribution in [0.5, 0.6) is 0 Å². The Kier molecular flexibility index (Phi) is 5.44. The predicted molar refractivity (Wildman–Crippen MR) is 108 cm³/mol. The van der Waals surface area contributed by atoms with Gasteiger partial charge in [-0.2, -0.15) is 30.0 Å². The number of alkyl halides is 3. The number of carbonyl (C=O) groups excluding carboxylic acids is 1. The molecule has 12 heteroatoms. The lowest BCUT2D eigenvalue weighted by Crippen LogP contribution is -2.44. The first-order chi connectivity index (χ1) is 14.1. The first-order valence-electron chi connectivity index (χ1n) is 8.80. The standard InChI is InChI=1S/C18H15Cl2F3N4O2S/c1-27-15(16(28)24-12-7-30-8-12)5-13(25-27)14-6-17(29-26-14,18(21,22)23)9-2-10(19)4-11(20)3-9/h2-5,12H,6-8H2,1H3,(H,24,28). The van der Waals surface area contributed by atoms with Gasteiger partial charge in [0, 0.05) is 40.2 Å². The van der Waals surface area contributed by atoms with E-state index in [0.29, 0.717) is 0 Å². The number of aryl methyl sites for hydroxylation is 1. The van der Waals surface area contributed by atoms with Gasteiger partial charge in [0.25, 0.3) is 11.5 Å². The molecule has 2 aliphatic heterocycles. The van der Waals surface area contributed by atoms with Crippen molar-refractivity contribution in [2.45, 2.75) is 24.2 Å². The molecule has 2 aromatic rings. The predicted octanol–water partition coefficient (Wildman–Crippen LogP) is 4.15. The van der Waals surface area contributed by atoms with E-state index in [-0.39, 0.29) is 44.7 Å². The quantitative estimate of drug-likeness (QED) is 0.716. The van der Waals surface area contributed by atoms with Crippen LogP contribution in [0.2, 0.25) is 10.0 Å². The van der Waals surface area contributed by atoms with Gasteiger partial charge in [-0.15, -0.1) is 0 Å². The number of aromatic nitrogens is 2. The Labute approximate surface area is 183 Å². The Morgan fingerprint density at radius 2 is 1.93 bits per heavy atom. The molecule has 160 valence electrons. The highest BCUT2D eigenvalue weighted by atomic mass is 35.5. The molecular formula is C18H15Cl2F3N4O2S. The zero-order valence-electron chi connectivity index (χ0n) is 15.5. The smallest absolute Gasteiger partial charge is 0.374 e. The molecule has 1 saturated heterocycles. The number of benzene rings is 1. The van der Waals surface area contributed by atoms with Crippen molar-refractivity contribution in [3.8, 4) is 0 Å². The fourth-order valence-electron chi connectivity index (χ4n) is 3.23. The maximum atomic E-state index is 14.1. The minimum atomic E-state index is -4.80. The zero-order valence-corrected chi connectivity index (χ0v) is 17.8. The van der Waals surface area contributed by atoms with Crippen LogP contribution in [-0.4, -0.2) is 45.1 Å². The number of hydrogen-bond acceptors (Lipinski definition) is 5. The van der Waals surface area contributed by atoms with E-state index in [1.165, 1.54) is 23.9 Å². The van der Waals surface area contributed by atoms with E-state index >= 15 is 0 Å². The molecule has 3 heterocycles. The van der Waals surface area contributed by atoms with Gasteiger partial charge in [-0.25, -0.2) is 0 Å². The molecule has 0 aliphatic carbocycles. The summed E-state index contributed by atoms with van der Waals surface area (Å²) in [6, 6.07) is 5.11. The van der Waals surface area contributed by atoms with E-state index in [4.69, 9.17) is 28.0 Å². The fourth-order valence-corrected chi connectivity index (χ4v) is 4.39. The van der Waals surface area contributed by atoms with Gasteiger partial charge in [0.1, 0.15) is 17.1 Å². The fraction of sp³-hybridized carbons (Fsp3) is 0.389. The van der Waals surface area contributed by atoms with Gasteiger partial charge < -0.3 is 10.2 Å². The highest BCUT2D eigenvalue weighted by Gasteiger charge is 2.62. The first kappa shape index (κ1) is 21.3. The second kappa shape index (κ2) is 7.65. The van der Waals surface area contributed by atoms with Gasteiger partial charge in [0.2, 0.25) is 0 Å². The molecule has 0 radical (unpaired) electrons. The van der Waals surface area contributed by atoms with Crippen molar-refractivity contribution in [3.05, 3.63) is 51.3 Å². The molecule has 1 atom stereocenters. The number of carbonyl (C=O) groups is 1. The molecule has 1 fully saturated rings. The van der Waals surface area contributed by atoms with Crippen molar-refractivity contribution >= 4 is 46.6 Å². The average molecular weight is 479 g/mol. The lowest BCUT2D eigenvalue weighted by Gasteiger charge is -2.29. The van der Waals surface area contributed by atoms with Crippen LogP contribution >= 0.6 is 35.0 Å². The Morgan fingerprint density at radius 3 is 2.50 bits per heavy atom. The number of amides is 1. The Bertz CT molecular complexity index is 1020. The normalized spacial score (nSPS) is 21.7. The van der Waals surface area contributed by atoms with Crippen molar-refractivity contribution in [2.75, 3.05) is 11.5 Å². The van der Waals surface area contributed by atoms with Crippen LogP contribution in [0.25, 0.3) is 0 Å². The molecule has 30 heavy (non-hydrogen) atoms. The summed E-state index contributed by atoms with van der Waals surface area (Å²) in [7, 11) is 1.54. The summed E-state index contributed by atoms with van der Waals surface area (Å²) >= 11 is 13.5. The van der Waals surface area contributed by atoms with Crippen LogP contribution in [-0.2, 0) is 17.5 Å². The van der Waals surface area contributed by atoms with Crippen LogP contribution in [0.15, 0.2) is 29.4 Å². The molecule has 4 rings (SSSR count). The molecule has 1 aromatic heterocycles. The summed E-state index contributed by atoms with van der Waals surface area (Å²) in [5.41, 5.74) is -2.69. The highest BCUT2D eigenvalue weighted by molar-refractivity contribution is 8.00. The molecule has 1 aromatic carbocycles. The highest BCUT2D eigenvalue weighted by Crippen LogP contribution is 2.49. The second-order valence-electron chi connectivity index (χ2n) is 7.04. The summed E-state index contributed by atoms with van der Waals surface area (Å²) in [6.07, 6.45) is -5.44. The molecule has 0 spiro atoms. The SMILES string of the molecule is Cn1nc(C2=NOC(c3cc(Cl)cc(Cl)c3)(C(F)(F)F)C2)cc1C(=O)NC1CSC1. The molecule has 0 bridgehead atoms. The maximum absolute atomic E-state index is 14.1. The van der Waals surface area contributed by atoms with Gasteiger partial charge in [0.15, 0.2) is 0 Å². The summed E-state index contributed by atoms with van der Waals surface area (Å²) in [5.74, 6) is 1.31. The lowest BCUT2D eigenvalue weighted by molar-refractivity contribution is -0.275. The molecule has 2 aliphatic rings. The van der Waals surface area contributed by atoms with E-state index in [2.05, 4.69) is 15.6 Å². The number of nitrogens with zero attached hydrogens (tertiary/aromatic N) is 3. The third-order valence-corrected chi connectivity index (χ3v) is 6.61. The Hall–Kier alpha value is -1.91. The Balaban J connectivity index is 1.63. The molecule has 1 N–H and O–H groups in total. The van der Waals surface area contributed by atoms with E-state index in [1.54, 1.807) is 11.8 Å². The Morgan fingerprint density at radius 1 is 1.27 bits per heavy atom. The minimum Gasteiger partial charge on any atom is -0.374 e. The summed E-state index contributed by atoms with van der Waals surface area (Å²) in [5, 5.41) is 10.8. The van der Waals surface area contributed by atoms with Crippen LogP contribution in [0, 0.1) is 0 Å². The minimum absolute atomic E-state index is 0.0303. The number of nitrogens with one attached hydrogen (secondary N) is 1. The maximum Gasteiger partial charge on any atom is 0.435 e. The van der Waals surface area contributed by atoms with E-state index in [0.717, 1.165) is 23.6 Å². The van der Waals surface area contributed by atoms with Crippen molar-refractivity contribution in [2.24, 2.45) is 12.2 Å². The van der Waals surface area contributed by atoms with Crippen LogP contribution in [0.3, 0.4) is 0 Å². The molecule has 1 amide bonds. The van der Waals surface area contributed by atoms with Gasteiger partial charge in [-0.05, 0) is 24.3 Å². The van der Waals surface area contributed by atoms with Crippen LogP contribution in [0.1, 0.15) is 28.2 Å². The van der Waals surface area contributed by atoms with E-state index in [1.807, 2.05) is 0 Å². The van der Waals surface area contributed by atoms with E-state index < -0.39 is 18.2 Å². The average Bonchev–Trinajstić information content (AvgIpc) is 3.21. The number of rotatable bonds is 4. The van der Waals surface area contributed by atoms with Gasteiger partial charge in [-0.3, -0.25) is 9.48 Å². The summed E-state index contributed by atoms with van der Waals surface area (Å²) in [6.45, 7) is 0. The number of halogens is 5. The number of hydrogen-bond donors (Lipinski definition) is 1. The van der Waals surface area contributed by atoms with Gasteiger partial charge in [-0.1, -0.05) is 28.4 Å². The molecule has 0 saturated carbocycles. The topological polar surface area (TPSA) is 68.5 Å². The van der Waals surface area contributed by atoms with Crippen molar-refractivity contribution < 1.29 is 22.8 Å². The monoisotopic (exact) mass is 478 g/mol. The van der Waals surface area contributed by atoms with Gasteiger partial charge >= 0.3 is 6.18 Å². The number of oxime groups is 1. The third kappa shape index (κ3) is 3.76. The largest absolute Gasteiger partial charge is 0.435 e. The van der Waals surface area contributed by atoms with Crippen molar-refractivity contribution in [3.63, 3.8) is 0 Å².